The number of carbonyl (C=O) groups is 1. The molecule has 6 heteroatoms. The molecular formula is C19H15N3O3. The van der Waals surface area contributed by atoms with Crippen LogP contribution in [0.2, 0.25) is 0 Å². The summed E-state index contributed by atoms with van der Waals surface area (Å²) < 4.78 is 0. The number of rotatable bonds is 4. The third-order valence-electron chi connectivity index (χ3n) is 3.84. The second kappa shape index (κ2) is 6.92. The Hall–Kier alpha value is -3.54. The Morgan fingerprint density at radius 1 is 1.12 bits per heavy atom. The van der Waals surface area contributed by atoms with Gasteiger partial charge in [0, 0.05) is 22.8 Å². The molecule has 1 N–H and O–H groups in total. The van der Waals surface area contributed by atoms with Gasteiger partial charge in [0.05, 0.1) is 11.1 Å². The Morgan fingerprint density at radius 2 is 1.88 bits per heavy atom. The van der Waals surface area contributed by atoms with Gasteiger partial charge < -0.3 is 0 Å². The van der Waals surface area contributed by atoms with Gasteiger partial charge >= 0.3 is 0 Å². The van der Waals surface area contributed by atoms with Gasteiger partial charge in [-0.2, -0.15) is 5.10 Å². The highest BCUT2D eigenvalue weighted by Crippen LogP contribution is 2.19. The number of nitro benzene ring substituents is 1. The van der Waals surface area contributed by atoms with Crippen molar-refractivity contribution < 1.29 is 9.72 Å². The fraction of sp³-hybridized carbons (Fsp3) is 0.0526. The van der Waals surface area contributed by atoms with E-state index in [1.165, 1.54) is 12.3 Å². The highest BCUT2D eigenvalue weighted by Gasteiger charge is 2.11. The van der Waals surface area contributed by atoms with Crippen molar-refractivity contribution in [3.8, 4) is 0 Å². The van der Waals surface area contributed by atoms with Gasteiger partial charge in [-0.3, -0.25) is 14.9 Å². The van der Waals surface area contributed by atoms with E-state index in [0.717, 1.165) is 10.8 Å². The Labute approximate surface area is 143 Å². The summed E-state index contributed by atoms with van der Waals surface area (Å²) in [5, 5.41) is 16.7. The van der Waals surface area contributed by atoms with Crippen LogP contribution in [0.1, 0.15) is 21.5 Å². The summed E-state index contributed by atoms with van der Waals surface area (Å²) in [7, 11) is 0. The predicted molar refractivity (Wildman–Crippen MR) is 96.8 cm³/mol. The van der Waals surface area contributed by atoms with Crippen molar-refractivity contribution in [2.45, 2.75) is 6.92 Å². The van der Waals surface area contributed by atoms with Crippen LogP contribution in [-0.4, -0.2) is 17.0 Å². The maximum atomic E-state index is 12.3. The van der Waals surface area contributed by atoms with Crippen molar-refractivity contribution in [1.82, 2.24) is 5.43 Å². The average molecular weight is 333 g/mol. The minimum Gasteiger partial charge on any atom is -0.267 e. The number of nitro groups is 1. The predicted octanol–water partition coefficient (Wildman–Crippen LogP) is 3.82. The fourth-order valence-corrected chi connectivity index (χ4v) is 2.55. The van der Waals surface area contributed by atoms with Crippen LogP contribution < -0.4 is 5.43 Å². The molecular weight excluding hydrogens is 318 g/mol. The van der Waals surface area contributed by atoms with Gasteiger partial charge in [0.15, 0.2) is 0 Å². The zero-order valence-electron chi connectivity index (χ0n) is 13.5. The SMILES string of the molecule is Cc1ccc(/C=N/NC(=O)c2cccc3ccccc23)cc1[N+](=O)[O-]. The Balaban J connectivity index is 1.79. The van der Waals surface area contributed by atoms with Gasteiger partial charge in [0.2, 0.25) is 0 Å². The number of hydrogen-bond acceptors (Lipinski definition) is 4. The first-order valence-electron chi connectivity index (χ1n) is 7.62. The largest absolute Gasteiger partial charge is 0.272 e. The Kier molecular flexibility index (Phi) is 4.52. The molecule has 6 nitrogen and oxygen atoms in total. The van der Waals surface area contributed by atoms with E-state index >= 15 is 0 Å². The van der Waals surface area contributed by atoms with E-state index in [4.69, 9.17) is 0 Å². The highest BCUT2D eigenvalue weighted by atomic mass is 16.6. The molecule has 0 bridgehead atoms. The van der Waals surface area contributed by atoms with Crippen molar-refractivity contribution >= 4 is 28.6 Å². The number of aryl methyl sites for hydroxylation is 1. The molecule has 0 aliphatic heterocycles. The van der Waals surface area contributed by atoms with E-state index in [-0.39, 0.29) is 11.6 Å². The zero-order chi connectivity index (χ0) is 17.8. The first-order valence-corrected chi connectivity index (χ1v) is 7.62. The maximum absolute atomic E-state index is 12.3. The quantitative estimate of drug-likeness (QED) is 0.447. The molecule has 0 heterocycles. The van der Waals surface area contributed by atoms with Gasteiger partial charge in [0.25, 0.3) is 11.6 Å². The molecule has 0 saturated heterocycles. The number of hydrazone groups is 1. The van der Waals surface area contributed by atoms with E-state index in [1.54, 1.807) is 25.1 Å². The number of amides is 1. The number of carbonyl (C=O) groups excluding carboxylic acids is 1. The smallest absolute Gasteiger partial charge is 0.267 e. The highest BCUT2D eigenvalue weighted by molar-refractivity contribution is 6.07. The summed E-state index contributed by atoms with van der Waals surface area (Å²) in [4.78, 5) is 22.9. The molecule has 0 saturated carbocycles. The van der Waals surface area contributed by atoms with E-state index in [2.05, 4.69) is 10.5 Å². The van der Waals surface area contributed by atoms with Crippen LogP contribution in [0.5, 0.6) is 0 Å². The van der Waals surface area contributed by atoms with Crippen molar-refractivity contribution in [3.63, 3.8) is 0 Å². The van der Waals surface area contributed by atoms with Crippen LogP contribution >= 0.6 is 0 Å². The van der Waals surface area contributed by atoms with Crippen molar-refractivity contribution in [1.29, 1.82) is 0 Å². The van der Waals surface area contributed by atoms with Gasteiger partial charge in [-0.25, -0.2) is 5.43 Å². The number of fused-ring (bicyclic) bond motifs is 1. The van der Waals surface area contributed by atoms with Crippen LogP contribution in [-0.2, 0) is 0 Å². The Bertz CT molecular complexity index is 991. The minimum absolute atomic E-state index is 0.0179. The normalized spacial score (nSPS) is 10.9. The topological polar surface area (TPSA) is 84.6 Å². The minimum atomic E-state index is -0.443. The van der Waals surface area contributed by atoms with E-state index in [1.807, 2.05) is 36.4 Å². The summed E-state index contributed by atoms with van der Waals surface area (Å²) in [6, 6.07) is 17.8. The molecule has 0 spiro atoms. The number of nitrogens with one attached hydrogen (secondary N) is 1. The molecule has 1 amide bonds. The fourth-order valence-electron chi connectivity index (χ4n) is 2.55. The lowest BCUT2D eigenvalue weighted by Crippen LogP contribution is -2.17. The standard InChI is InChI=1S/C19H15N3O3/c1-13-9-10-14(11-18(13)22(24)25)12-20-21-19(23)17-8-4-6-15-5-2-3-7-16(15)17/h2-12H,1H3,(H,21,23)/b20-12+. The maximum Gasteiger partial charge on any atom is 0.272 e. The lowest BCUT2D eigenvalue weighted by molar-refractivity contribution is -0.385. The molecule has 25 heavy (non-hydrogen) atoms. The van der Waals surface area contributed by atoms with E-state index in [9.17, 15) is 14.9 Å². The summed E-state index contributed by atoms with van der Waals surface area (Å²) in [5.74, 6) is -0.338. The summed E-state index contributed by atoms with van der Waals surface area (Å²) >= 11 is 0. The number of benzene rings is 3. The van der Waals surface area contributed by atoms with Crippen LogP contribution in [0, 0.1) is 17.0 Å². The molecule has 3 aromatic rings. The van der Waals surface area contributed by atoms with Crippen LogP contribution in [0.25, 0.3) is 10.8 Å². The second-order valence-corrected chi connectivity index (χ2v) is 5.53. The zero-order valence-corrected chi connectivity index (χ0v) is 13.5. The van der Waals surface area contributed by atoms with Crippen molar-refractivity contribution in [3.05, 3.63) is 87.5 Å². The van der Waals surface area contributed by atoms with Gasteiger partial charge in [-0.15, -0.1) is 0 Å². The van der Waals surface area contributed by atoms with E-state index < -0.39 is 4.92 Å². The molecule has 0 aromatic heterocycles. The summed E-state index contributed by atoms with van der Waals surface area (Å²) in [5.41, 5.74) is 4.11. The molecule has 0 fully saturated rings. The molecule has 3 aromatic carbocycles. The summed E-state index contributed by atoms with van der Waals surface area (Å²) in [6.45, 7) is 1.67. The third-order valence-corrected chi connectivity index (χ3v) is 3.84. The van der Waals surface area contributed by atoms with Crippen LogP contribution in [0.3, 0.4) is 0 Å². The lowest BCUT2D eigenvalue weighted by Gasteiger charge is -2.04. The van der Waals surface area contributed by atoms with Gasteiger partial charge in [0.1, 0.15) is 0 Å². The average Bonchev–Trinajstić information content (AvgIpc) is 2.62. The monoisotopic (exact) mass is 333 g/mol. The second-order valence-electron chi connectivity index (χ2n) is 5.53. The molecule has 0 aliphatic rings. The molecule has 124 valence electrons. The van der Waals surface area contributed by atoms with Gasteiger partial charge in [-0.05, 0) is 23.8 Å². The molecule has 0 radical (unpaired) electrons. The number of nitrogens with zero attached hydrogens (tertiary/aromatic N) is 2. The van der Waals surface area contributed by atoms with Crippen molar-refractivity contribution in [2.75, 3.05) is 0 Å². The van der Waals surface area contributed by atoms with Gasteiger partial charge in [-0.1, -0.05) is 48.5 Å². The van der Waals surface area contributed by atoms with E-state index in [0.29, 0.717) is 16.7 Å². The van der Waals surface area contributed by atoms with Crippen LogP contribution in [0.15, 0.2) is 65.8 Å². The first kappa shape index (κ1) is 16.3. The lowest BCUT2D eigenvalue weighted by atomic mass is 10.0. The Morgan fingerprint density at radius 3 is 2.68 bits per heavy atom. The van der Waals surface area contributed by atoms with Crippen LogP contribution in [0.4, 0.5) is 5.69 Å². The van der Waals surface area contributed by atoms with Crippen molar-refractivity contribution in [2.24, 2.45) is 5.10 Å². The summed E-state index contributed by atoms with van der Waals surface area (Å²) in [6.07, 6.45) is 1.38. The molecule has 3 rings (SSSR count). The molecule has 0 aliphatic carbocycles. The molecule has 0 atom stereocenters. The molecule has 0 unspecified atom stereocenters. The number of hydrogen-bond donors (Lipinski definition) is 1. The first-order chi connectivity index (χ1) is 12.1. The third kappa shape index (κ3) is 3.53.